The molecule has 16 heavy (non-hydrogen) atoms. The van der Waals surface area contributed by atoms with Gasteiger partial charge in [-0.25, -0.2) is 4.98 Å². The Bertz CT molecular complexity index is 392. The van der Waals surface area contributed by atoms with Crippen molar-refractivity contribution < 1.29 is 9.90 Å². The molecule has 2 heterocycles. The summed E-state index contributed by atoms with van der Waals surface area (Å²) in [5.74, 6) is -0.0561. The van der Waals surface area contributed by atoms with Gasteiger partial charge in [0.1, 0.15) is 5.82 Å². The predicted molar refractivity (Wildman–Crippen MR) is 61.5 cm³/mol. The van der Waals surface area contributed by atoms with E-state index >= 15 is 0 Å². The van der Waals surface area contributed by atoms with Gasteiger partial charge in [-0.15, -0.1) is 0 Å². The number of piperidine rings is 1. The van der Waals surface area contributed by atoms with Gasteiger partial charge in [0.2, 0.25) is 0 Å². The lowest BCUT2D eigenvalue weighted by Crippen LogP contribution is -2.39. The molecule has 1 saturated heterocycles. The first-order valence-electron chi connectivity index (χ1n) is 5.57. The molecule has 1 aliphatic heterocycles. The standard InChI is InChI=1S/C12H16N2O2/c1-9-4-5-13-11(7-9)14-6-2-3-10(8-14)12(15)16/h4-5,7,10H,2-3,6,8H2,1H3,(H,15,16). The highest BCUT2D eigenvalue weighted by Crippen LogP contribution is 2.22. The van der Waals surface area contributed by atoms with E-state index < -0.39 is 5.97 Å². The molecule has 0 saturated carbocycles. The van der Waals surface area contributed by atoms with Crippen molar-refractivity contribution >= 4 is 11.8 Å². The second kappa shape index (κ2) is 4.51. The van der Waals surface area contributed by atoms with Gasteiger partial charge in [0.15, 0.2) is 0 Å². The topological polar surface area (TPSA) is 53.4 Å². The molecule has 4 nitrogen and oxygen atoms in total. The molecule has 0 amide bonds. The summed E-state index contributed by atoms with van der Waals surface area (Å²) in [5.41, 5.74) is 1.16. The fourth-order valence-corrected chi connectivity index (χ4v) is 2.08. The van der Waals surface area contributed by atoms with Crippen LogP contribution in [-0.4, -0.2) is 29.1 Å². The lowest BCUT2D eigenvalue weighted by Gasteiger charge is -2.31. The number of pyridine rings is 1. The van der Waals surface area contributed by atoms with Gasteiger partial charge < -0.3 is 10.0 Å². The molecule has 0 aliphatic carbocycles. The van der Waals surface area contributed by atoms with Crippen molar-refractivity contribution in [2.45, 2.75) is 19.8 Å². The van der Waals surface area contributed by atoms with Crippen molar-refractivity contribution in [3.63, 3.8) is 0 Å². The van der Waals surface area contributed by atoms with E-state index in [1.54, 1.807) is 6.20 Å². The number of rotatable bonds is 2. The first-order chi connectivity index (χ1) is 7.66. The Balaban J connectivity index is 2.12. The van der Waals surface area contributed by atoms with Gasteiger partial charge in [-0.3, -0.25) is 4.79 Å². The molecule has 1 fully saturated rings. The first kappa shape index (κ1) is 10.9. The second-order valence-electron chi connectivity index (χ2n) is 4.31. The molecule has 1 aromatic rings. The van der Waals surface area contributed by atoms with E-state index in [1.807, 2.05) is 19.1 Å². The van der Waals surface area contributed by atoms with E-state index in [0.29, 0.717) is 6.54 Å². The lowest BCUT2D eigenvalue weighted by molar-refractivity contribution is -0.141. The van der Waals surface area contributed by atoms with E-state index in [9.17, 15) is 4.79 Å². The molecule has 2 rings (SSSR count). The van der Waals surface area contributed by atoms with Crippen molar-refractivity contribution in [3.05, 3.63) is 23.9 Å². The molecule has 0 bridgehead atoms. The summed E-state index contributed by atoms with van der Waals surface area (Å²) in [4.78, 5) is 17.3. The molecule has 0 spiro atoms. The minimum absolute atomic E-state index is 0.254. The zero-order valence-corrected chi connectivity index (χ0v) is 9.39. The highest BCUT2D eigenvalue weighted by molar-refractivity contribution is 5.71. The zero-order chi connectivity index (χ0) is 11.5. The number of hydrogen-bond acceptors (Lipinski definition) is 3. The quantitative estimate of drug-likeness (QED) is 0.824. The van der Waals surface area contributed by atoms with Crippen molar-refractivity contribution in [1.29, 1.82) is 0 Å². The third-order valence-corrected chi connectivity index (χ3v) is 3.00. The Morgan fingerprint density at radius 2 is 2.44 bits per heavy atom. The van der Waals surface area contributed by atoms with Crippen LogP contribution in [0.3, 0.4) is 0 Å². The van der Waals surface area contributed by atoms with E-state index in [4.69, 9.17) is 5.11 Å². The number of carboxylic acids is 1. The van der Waals surface area contributed by atoms with Gasteiger partial charge in [0.05, 0.1) is 5.92 Å². The average Bonchev–Trinajstić information content (AvgIpc) is 2.29. The summed E-state index contributed by atoms with van der Waals surface area (Å²) in [7, 11) is 0. The van der Waals surface area contributed by atoms with E-state index in [0.717, 1.165) is 30.8 Å². The van der Waals surface area contributed by atoms with Crippen LogP contribution >= 0.6 is 0 Å². The van der Waals surface area contributed by atoms with Crippen LogP contribution in [-0.2, 0) is 4.79 Å². The summed E-state index contributed by atoms with van der Waals surface area (Å²) in [6, 6.07) is 3.95. The normalized spacial score (nSPS) is 20.8. The third-order valence-electron chi connectivity index (χ3n) is 3.00. The number of aryl methyl sites for hydroxylation is 1. The van der Waals surface area contributed by atoms with E-state index in [-0.39, 0.29) is 5.92 Å². The van der Waals surface area contributed by atoms with Gasteiger partial charge >= 0.3 is 5.97 Å². The van der Waals surface area contributed by atoms with Crippen molar-refractivity contribution in [1.82, 2.24) is 4.98 Å². The Kier molecular flexibility index (Phi) is 3.08. The highest BCUT2D eigenvalue weighted by Gasteiger charge is 2.25. The fraction of sp³-hybridized carbons (Fsp3) is 0.500. The summed E-state index contributed by atoms with van der Waals surface area (Å²) < 4.78 is 0. The van der Waals surface area contributed by atoms with E-state index in [2.05, 4.69) is 9.88 Å². The SMILES string of the molecule is Cc1ccnc(N2CCCC(C(=O)O)C2)c1. The number of hydrogen-bond donors (Lipinski definition) is 1. The van der Waals surface area contributed by atoms with Crippen LogP contribution in [0.15, 0.2) is 18.3 Å². The highest BCUT2D eigenvalue weighted by atomic mass is 16.4. The van der Waals surface area contributed by atoms with Gasteiger partial charge in [-0.05, 0) is 37.5 Å². The number of nitrogens with zero attached hydrogens (tertiary/aromatic N) is 2. The summed E-state index contributed by atoms with van der Waals surface area (Å²) >= 11 is 0. The molecule has 1 aliphatic rings. The monoisotopic (exact) mass is 220 g/mol. The second-order valence-corrected chi connectivity index (χ2v) is 4.31. The fourth-order valence-electron chi connectivity index (χ4n) is 2.08. The van der Waals surface area contributed by atoms with Crippen molar-refractivity contribution in [3.8, 4) is 0 Å². The van der Waals surface area contributed by atoms with Gasteiger partial charge in [0, 0.05) is 19.3 Å². The van der Waals surface area contributed by atoms with Crippen LogP contribution in [0.2, 0.25) is 0 Å². The average molecular weight is 220 g/mol. The maximum Gasteiger partial charge on any atom is 0.308 e. The summed E-state index contributed by atoms with van der Waals surface area (Å²) in [6.45, 7) is 3.50. The lowest BCUT2D eigenvalue weighted by atomic mass is 9.98. The van der Waals surface area contributed by atoms with Crippen LogP contribution in [0.1, 0.15) is 18.4 Å². The first-order valence-corrected chi connectivity index (χ1v) is 5.57. The molecule has 0 aromatic carbocycles. The van der Waals surface area contributed by atoms with Crippen molar-refractivity contribution in [2.24, 2.45) is 5.92 Å². The number of carboxylic acid groups (broad SMARTS) is 1. The third kappa shape index (κ3) is 2.32. The molecule has 4 heteroatoms. The maximum absolute atomic E-state index is 11.0. The Morgan fingerprint density at radius 3 is 3.12 bits per heavy atom. The molecule has 1 aromatic heterocycles. The number of anilines is 1. The van der Waals surface area contributed by atoms with Gasteiger partial charge in [0.25, 0.3) is 0 Å². The molecule has 1 unspecified atom stereocenters. The maximum atomic E-state index is 11.0. The van der Waals surface area contributed by atoms with E-state index in [1.165, 1.54) is 0 Å². The zero-order valence-electron chi connectivity index (χ0n) is 9.39. The smallest absolute Gasteiger partial charge is 0.308 e. The summed E-state index contributed by atoms with van der Waals surface area (Å²) in [6.07, 6.45) is 3.47. The molecule has 0 radical (unpaired) electrons. The Hall–Kier alpha value is -1.58. The largest absolute Gasteiger partial charge is 0.481 e. The molecule has 1 atom stereocenters. The van der Waals surface area contributed by atoms with Gasteiger partial charge in [-0.1, -0.05) is 0 Å². The summed E-state index contributed by atoms with van der Waals surface area (Å²) in [5, 5.41) is 9.01. The minimum Gasteiger partial charge on any atom is -0.481 e. The van der Waals surface area contributed by atoms with Gasteiger partial charge in [-0.2, -0.15) is 0 Å². The number of aliphatic carboxylic acids is 1. The van der Waals surface area contributed by atoms with Crippen LogP contribution in [0.5, 0.6) is 0 Å². The van der Waals surface area contributed by atoms with Crippen LogP contribution < -0.4 is 4.90 Å². The minimum atomic E-state index is -0.697. The van der Waals surface area contributed by atoms with Crippen LogP contribution in [0.4, 0.5) is 5.82 Å². The predicted octanol–water partition coefficient (Wildman–Crippen LogP) is 1.69. The van der Waals surface area contributed by atoms with Crippen molar-refractivity contribution in [2.75, 3.05) is 18.0 Å². The molecule has 86 valence electrons. The number of aromatic nitrogens is 1. The number of carbonyl (C=O) groups is 1. The van der Waals surface area contributed by atoms with Crippen LogP contribution in [0.25, 0.3) is 0 Å². The molecule has 1 N–H and O–H groups in total. The Labute approximate surface area is 94.9 Å². The Morgan fingerprint density at radius 1 is 1.62 bits per heavy atom. The molecular weight excluding hydrogens is 204 g/mol. The molecular formula is C12H16N2O2. The van der Waals surface area contributed by atoms with Crippen LogP contribution in [0, 0.1) is 12.8 Å².